The zero-order chi connectivity index (χ0) is 21.4. The largest absolute Gasteiger partial charge is 0.508 e. The average Bonchev–Trinajstić information content (AvgIpc) is 3.27. The Morgan fingerprint density at radius 2 is 1.66 bits per heavy atom. The number of nitrogens with zero attached hydrogens (tertiary/aromatic N) is 1. The number of amides is 2. The summed E-state index contributed by atoms with van der Waals surface area (Å²) in [6, 6.07) is 0. The highest BCUT2D eigenvalue weighted by Gasteiger charge is 2.39. The van der Waals surface area contributed by atoms with E-state index in [9.17, 15) is 29.1 Å². The van der Waals surface area contributed by atoms with Crippen LogP contribution in [-0.4, -0.2) is 77.5 Å². The maximum Gasteiger partial charge on any atom is 0.508 e. The van der Waals surface area contributed by atoms with Crippen LogP contribution in [0.3, 0.4) is 0 Å². The van der Waals surface area contributed by atoms with Crippen molar-refractivity contribution in [2.45, 2.75) is 32.3 Å². The molecular formula is C16H21NO10S2. The van der Waals surface area contributed by atoms with Crippen molar-refractivity contribution < 1.29 is 48.1 Å². The van der Waals surface area contributed by atoms with E-state index < -0.39 is 41.4 Å². The molecule has 2 aliphatic rings. The maximum absolute atomic E-state index is 11.7. The number of hydrogen-bond acceptors (Lipinski definition) is 12. The van der Waals surface area contributed by atoms with Gasteiger partial charge in [0.15, 0.2) is 0 Å². The smallest absolute Gasteiger partial charge is 0.463 e. The van der Waals surface area contributed by atoms with Crippen LogP contribution in [0.2, 0.25) is 0 Å². The van der Waals surface area contributed by atoms with Crippen LogP contribution in [0.4, 0.5) is 4.79 Å². The minimum atomic E-state index is -1.24. The molecule has 0 aliphatic carbocycles. The number of hydrogen-bond donors (Lipinski definition) is 1. The van der Waals surface area contributed by atoms with Crippen molar-refractivity contribution in [2.75, 3.05) is 31.3 Å². The van der Waals surface area contributed by atoms with Gasteiger partial charge in [-0.05, 0) is 6.92 Å². The molecule has 0 saturated carbocycles. The second-order valence-corrected chi connectivity index (χ2v) is 8.95. The van der Waals surface area contributed by atoms with E-state index in [0.29, 0.717) is 16.6 Å². The fourth-order valence-electron chi connectivity index (χ4n) is 2.20. The summed E-state index contributed by atoms with van der Waals surface area (Å²) in [5.41, 5.74) is -0.603. The van der Waals surface area contributed by atoms with Crippen LogP contribution in [0.1, 0.15) is 26.2 Å². The number of imide groups is 1. The molecule has 2 amide bonds. The van der Waals surface area contributed by atoms with Crippen molar-refractivity contribution in [1.82, 2.24) is 5.06 Å². The molecule has 1 atom stereocenters. The van der Waals surface area contributed by atoms with Gasteiger partial charge in [-0.2, -0.15) is 0 Å². The zero-order valence-corrected chi connectivity index (χ0v) is 17.3. The zero-order valence-electron chi connectivity index (χ0n) is 15.6. The lowest BCUT2D eigenvalue weighted by Gasteiger charge is -2.26. The molecule has 13 heteroatoms. The standard InChI is InChI=1S/C16H21NO10S2/c1-10(18)14(22)25-6-16(8-28-29-9-16)7-26-15(23)24-5-4-13(21)27-17-11(19)2-3-12(17)20/h10,18H,2-9H2,1H3. The number of rotatable bonds is 9. The highest BCUT2D eigenvalue weighted by atomic mass is 33.1. The van der Waals surface area contributed by atoms with Crippen molar-refractivity contribution in [1.29, 1.82) is 0 Å². The summed E-state index contributed by atoms with van der Waals surface area (Å²) in [6.07, 6.45) is -2.66. The first-order chi connectivity index (χ1) is 13.7. The molecule has 0 aromatic heterocycles. The Kier molecular flexibility index (Phi) is 8.59. The van der Waals surface area contributed by atoms with E-state index in [1.165, 1.54) is 28.5 Å². The SMILES string of the molecule is CC(O)C(=O)OCC1(COC(=O)OCCC(=O)ON2C(=O)CCC2=O)CSSC1. The molecule has 0 radical (unpaired) electrons. The van der Waals surface area contributed by atoms with Crippen LogP contribution in [0, 0.1) is 5.41 Å². The highest BCUT2D eigenvalue weighted by molar-refractivity contribution is 8.77. The molecule has 0 aromatic carbocycles. The van der Waals surface area contributed by atoms with E-state index in [1.807, 2.05) is 0 Å². The lowest BCUT2D eigenvalue weighted by atomic mass is 9.95. The van der Waals surface area contributed by atoms with Gasteiger partial charge in [0.2, 0.25) is 0 Å². The molecule has 2 fully saturated rings. The van der Waals surface area contributed by atoms with Gasteiger partial charge < -0.3 is 24.2 Å². The summed E-state index contributed by atoms with van der Waals surface area (Å²) in [4.78, 5) is 62.1. The van der Waals surface area contributed by atoms with Crippen LogP contribution in [0.5, 0.6) is 0 Å². The van der Waals surface area contributed by atoms with Gasteiger partial charge in [0.1, 0.15) is 25.9 Å². The molecule has 2 saturated heterocycles. The predicted molar refractivity (Wildman–Crippen MR) is 99.1 cm³/mol. The van der Waals surface area contributed by atoms with Crippen LogP contribution in [0.15, 0.2) is 0 Å². The van der Waals surface area contributed by atoms with Gasteiger partial charge in [-0.1, -0.05) is 21.6 Å². The molecule has 29 heavy (non-hydrogen) atoms. The fraction of sp³-hybridized carbons (Fsp3) is 0.688. The molecule has 162 valence electrons. The minimum Gasteiger partial charge on any atom is -0.463 e. The molecule has 2 aliphatic heterocycles. The Morgan fingerprint density at radius 1 is 1.07 bits per heavy atom. The maximum atomic E-state index is 11.7. The van der Waals surface area contributed by atoms with Crippen LogP contribution in [0.25, 0.3) is 0 Å². The number of aliphatic hydroxyl groups excluding tert-OH is 1. The van der Waals surface area contributed by atoms with E-state index >= 15 is 0 Å². The average molecular weight is 451 g/mol. The lowest BCUT2D eigenvalue weighted by molar-refractivity contribution is -0.198. The number of carbonyl (C=O) groups excluding carboxylic acids is 5. The number of aliphatic hydroxyl groups is 1. The van der Waals surface area contributed by atoms with Crippen molar-refractivity contribution in [3.05, 3.63) is 0 Å². The van der Waals surface area contributed by atoms with Crippen molar-refractivity contribution >= 4 is 51.5 Å². The van der Waals surface area contributed by atoms with E-state index in [4.69, 9.17) is 14.2 Å². The first kappa shape index (κ1) is 23.3. The Labute approximate surface area is 174 Å². The molecular weight excluding hydrogens is 430 g/mol. The summed E-state index contributed by atoms with van der Waals surface area (Å²) in [6.45, 7) is 0.845. The third kappa shape index (κ3) is 7.08. The Balaban J connectivity index is 1.68. The van der Waals surface area contributed by atoms with Crippen LogP contribution >= 0.6 is 21.6 Å². The van der Waals surface area contributed by atoms with Gasteiger partial charge in [-0.3, -0.25) is 9.59 Å². The predicted octanol–water partition coefficient (Wildman–Crippen LogP) is 0.442. The number of hydroxylamine groups is 2. The summed E-state index contributed by atoms with van der Waals surface area (Å²) >= 11 is 0. The molecule has 2 rings (SSSR count). The third-order valence-electron chi connectivity index (χ3n) is 3.90. The number of carbonyl (C=O) groups is 5. The minimum absolute atomic E-state index is 0.0141. The van der Waals surface area contributed by atoms with Crippen molar-refractivity contribution in [3.63, 3.8) is 0 Å². The molecule has 2 heterocycles. The van der Waals surface area contributed by atoms with Crippen LogP contribution < -0.4 is 0 Å². The highest BCUT2D eigenvalue weighted by Crippen LogP contribution is 2.43. The normalized spacial score (nSPS) is 19.0. The van der Waals surface area contributed by atoms with Gasteiger partial charge in [0, 0.05) is 24.3 Å². The van der Waals surface area contributed by atoms with E-state index in [2.05, 4.69) is 4.84 Å². The molecule has 0 spiro atoms. The van der Waals surface area contributed by atoms with Gasteiger partial charge in [-0.15, -0.1) is 5.06 Å². The molecule has 1 N–H and O–H groups in total. The Morgan fingerprint density at radius 3 is 2.24 bits per heavy atom. The van der Waals surface area contributed by atoms with Gasteiger partial charge in [-0.25, -0.2) is 14.4 Å². The van der Waals surface area contributed by atoms with Crippen LogP contribution in [-0.2, 0) is 38.2 Å². The second-order valence-electron chi connectivity index (χ2n) is 6.49. The Hall–Kier alpha value is -1.99. The first-order valence-corrected chi connectivity index (χ1v) is 11.2. The van der Waals surface area contributed by atoms with Gasteiger partial charge in [0.25, 0.3) is 11.8 Å². The summed E-state index contributed by atoms with van der Waals surface area (Å²) in [5.74, 6) is -1.71. The lowest BCUT2D eigenvalue weighted by Crippen LogP contribution is -2.38. The summed E-state index contributed by atoms with van der Waals surface area (Å²) < 4.78 is 14.9. The molecule has 1 unspecified atom stereocenters. The van der Waals surface area contributed by atoms with E-state index in [0.717, 1.165) is 0 Å². The summed E-state index contributed by atoms with van der Waals surface area (Å²) in [5, 5.41) is 9.60. The van der Waals surface area contributed by atoms with Crippen molar-refractivity contribution in [3.8, 4) is 0 Å². The topological polar surface area (TPSA) is 146 Å². The van der Waals surface area contributed by atoms with E-state index in [-0.39, 0.29) is 39.1 Å². The summed E-state index contributed by atoms with van der Waals surface area (Å²) in [7, 11) is 3.08. The second kappa shape index (κ2) is 10.7. The molecule has 0 aromatic rings. The first-order valence-electron chi connectivity index (χ1n) is 8.68. The number of esters is 1. The quantitative estimate of drug-likeness (QED) is 0.295. The number of ether oxygens (including phenoxy) is 3. The third-order valence-corrected chi connectivity index (χ3v) is 6.73. The van der Waals surface area contributed by atoms with E-state index in [1.54, 1.807) is 0 Å². The van der Waals surface area contributed by atoms with Crippen molar-refractivity contribution in [2.24, 2.45) is 5.41 Å². The molecule has 11 nitrogen and oxygen atoms in total. The van der Waals surface area contributed by atoms with Gasteiger partial charge >= 0.3 is 18.1 Å². The fourth-order valence-corrected chi connectivity index (χ4v) is 5.54. The Bertz CT molecular complexity index is 646. The molecule has 0 bridgehead atoms. The van der Waals surface area contributed by atoms with Gasteiger partial charge in [0.05, 0.1) is 11.8 Å². The monoisotopic (exact) mass is 451 g/mol.